The van der Waals surface area contributed by atoms with E-state index in [0.717, 1.165) is 28.2 Å². The Kier molecular flexibility index (Phi) is 5.47. The largest absolute Gasteiger partial charge is 0.493 e. The predicted molar refractivity (Wildman–Crippen MR) is 117 cm³/mol. The molecule has 1 N–H and O–H groups in total. The first-order valence-electron chi connectivity index (χ1n) is 8.57. The van der Waals surface area contributed by atoms with Crippen LogP contribution < -0.4 is 14.8 Å². The van der Waals surface area contributed by atoms with Crippen LogP contribution in [0.15, 0.2) is 51.7 Å². The third-order valence-corrected chi connectivity index (χ3v) is 8.29. The number of hydrogen-bond acceptors (Lipinski definition) is 11. The first kappa shape index (κ1) is 21.0. The standard InChI is InChI=1S/C18H14N4O6S3/c1-27-13-7-12-15(8-14(13)28-2)29-18(20-12)21-17-19-9-16(30-17)31(25,26)11-5-3-10(4-6-11)22(23)24/h3-9H,1-2H3,(H,19,20,21). The monoisotopic (exact) mass is 478 g/mol. The van der Waals surface area contributed by atoms with Crippen molar-refractivity contribution < 1.29 is 22.8 Å². The molecule has 2 aromatic carbocycles. The van der Waals surface area contributed by atoms with Crippen molar-refractivity contribution in [1.82, 2.24) is 9.97 Å². The summed E-state index contributed by atoms with van der Waals surface area (Å²) in [4.78, 5) is 18.7. The molecule has 0 radical (unpaired) electrons. The lowest BCUT2D eigenvalue weighted by atomic mass is 10.3. The molecule has 2 aromatic heterocycles. The van der Waals surface area contributed by atoms with Crippen molar-refractivity contribution in [3.63, 3.8) is 0 Å². The molecule has 0 fully saturated rings. The minimum absolute atomic E-state index is 0.00769. The predicted octanol–water partition coefficient (Wildman–Crippen LogP) is 4.25. The maximum absolute atomic E-state index is 12.8. The average Bonchev–Trinajstić information content (AvgIpc) is 3.39. The number of aromatic nitrogens is 2. The molecular formula is C18H14N4O6S3. The van der Waals surface area contributed by atoms with Gasteiger partial charge in [0.1, 0.15) is 4.21 Å². The fraction of sp³-hybridized carbons (Fsp3) is 0.111. The fourth-order valence-electron chi connectivity index (χ4n) is 2.70. The number of anilines is 2. The van der Waals surface area contributed by atoms with E-state index < -0.39 is 14.8 Å². The number of rotatable bonds is 7. The third kappa shape index (κ3) is 4.02. The molecule has 0 saturated carbocycles. The molecule has 10 nitrogen and oxygen atoms in total. The number of methoxy groups -OCH3 is 2. The quantitative estimate of drug-likeness (QED) is 0.305. The van der Waals surface area contributed by atoms with Gasteiger partial charge in [-0.3, -0.25) is 10.1 Å². The SMILES string of the molecule is COc1cc2nc(Nc3ncc(S(=O)(=O)c4ccc([N+](=O)[O-])cc4)s3)sc2cc1OC. The number of nitro groups is 1. The molecular weight excluding hydrogens is 464 g/mol. The lowest BCUT2D eigenvalue weighted by molar-refractivity contribution is -0.384. The maximum atomic E-state index is 12.8. The number of thiazole rings is 2. The zero-order valence-corrected chi connectivity index (χ0v) is 18.5. The summed E-state index contributed by atoms with van der Waals surface area (Å²) in [6, 6.07) is 8.27. The number of benzene rings is 2. The minimum Gasteiger partial charge on any atom is -0.493 e. The van der Waals surface area contributed by atoms with Crippen molar-refractivity contribution >= 4 is 58.7 Å². The van der Waals surface area contributed by atoms with Crippen molar-refractivity contribution in [2.24, 2.45) is 0 Å². The Morgan fingerprint density at radius 1 is 1.03 bits per heavy atom. The molecule has 0 bridgehead atoms. The van der Waals surface area contributed by atoms with Gasteiger partial charge >= 0.3 is 0 Å². The van der Waals surface area contributed by atoms with E-state index in [2.05, 4.69) is 15.3 Å². The van der Waals surface area contributed by atoms with Gasteiger partial charge in [-0.15, -0.1) is 0 Å². The summed E-state index contributed by atoms with van der Waals surface area (Å²) >= 11 is 2.29. The first-order valence-corrected chi connectivity index (χ1v) is 11.7. The van der Waals surface area contributed by atoms with Crippen LogP contribution in [0, 0.1) is 10.1 Å². The highest BCUT2D eigenvalue weighted by atomic mass is 32.2. The van der Waals surface area contributed by atoms with Crippen LogP contribution in [0.4, 0.5) is 16.0 Å². The number of hydrogen-bond donors (Lipinski definition) is 1. The number of non-ortho nitro benzene ring substituents is 1. The minimum atomic E-state index is -3.85. The van der Waals surface area contributed by atoms with Gasteiger partial charge in [0.15, 0.2) is 21.8 Å². The van der Waals surface area contributed by atoms with Gasteiger partial charge in [0.05, 0.1) is 40.5 Å². The zero-order valence-electron chi connectivity index (χ0n) is 16.1. The molecule has 0 atom stereocenters. The highest BCUT2D eigenvalue weighted by Gasteiger charge is 2.22. The molecule has 2 heterocycles. The second-order valence-electron chi connectivity index (χ2n) is 6.06. The fourth-order valence-corrected chi connectivity index (χ4v) is 6.08. The molecule has 13 heteroatoms. The van der Waals surface area contributed by atoms with Gasteiger partial charge in [-0.2, -0.15) is 0 Å². The Bertz CT molecular complexity index is 1340. The number of nitrogens with one attached hydrogen (secondary N) is 1. The number of nitrogens with zero attached hydrogens (tertiary/aromatic N) is 3. The highest BCUT2D eigenvalue weighted by Crippen LogP contribution is 2.38. The van der Waals surface area contributed by atoms with Gasteiger partial charge in [0, 0.05) is 24.3 Å². The molecule has 0 aliphatic carbocycles. The summed E-state index contributed by atoms with van der Waals surface area (Å²) in [6.07, 6.45) is 1.24. The maximum Gasteiger partial charge on any atom is 0.269 e. The van der Waals surface area contributed by atoms with Crippen molar-refractivity contribution in [1.29, 1.82) is 0 Å². The molecule has 0 spiro atoms. The van der Waals surface area contributed by atoms with E-state index in [-0.39, 0.29) is 14.8 Å². The van der Waals surface area contributed by atoms with Crippen LogP contribution in [0.2, 0.25) is 0 Å². The van der Waals surface area contributed by atoms with E-state index in [1.807, 2.05) is 6.07 Å². The van der Waals surface area contributed by atoms with Gasteiger partial charge in [0.25, 0.3) is 5.69 Å². The molecule has 160 valence electrons. The summed E-state index contributed by atoms with van der Waals surface area (Å²) < 4.78 is 37.0. The van der Waals surface area contributed by atoms with E-state index in [0.29, 0.717) is 27.3 Å². The molecule has 4 aromatic rings. The summed E-state index contributed by atoms with van der Waals surface area (Å²) in [5, 5.41) is 14.7. The van der Waals surface area contributed by atoms with Crippen molar-refractivity contribution in [2.75, 3.05) is 19.5 Å². The summed E-state index contributed by atoms with van der Waals surface area (Å²) in [5.74, 6) is 1.13. The Balaban J connectivity index is 1.59. The van der Waals surface area contributed by atoms with E-state index in [1.165, 1.54) is 36.8 Å². The molecule has 0 amide bonds. The van der Waals surface area contributed by atoms with Gasteiger partial charge in [0.2, 0.25) is 9.84 Å². The number of fused-ring (bicyclic) bond motifs is 1. The van der Waals surface area contributed by atoms with E-state index >= 15 is 0 Å². The van der Waals surface area contributed by atoms with Crippen LogP contribution in [0.1, 0.15) is 0 Å². The number of nitro benzene ring substituents is 1. The van der Waals surface area contributed by atoms with E-state index in [9.17, 15) is 18.5 Å². The van der Waals surface area contributed by atoms with Crippen LogP contribution >= 0.6 is 22.7 Å². The zero-order chi connectivity index (χ0) is 22.2. The third-order valence-electron chi connectivity index (χ3n) is 4.21. The molecule has 31 heavy (non-hydrogen) atoms. The van der Waals surface area contributed by atoms with Crippen molar-refractivity contribution in [2.45, 2.75) is 9.10 Å². The van der Waals surface area contributed by atoms with Crippen LogP contribution in [0.5, 0.6) is 11.5 Å². The summed E-state index contributed by atoms with van der Waals surface area (Å²) in [6.45, 7) is 0. The number of ether oxygens (including phenoxy) is 2. The molecule has 4 rings (SSSR count). The Morgan fingerprint density at radius 3 is 2.35 bits per heavy atom. The summed E-state index contributed by atoms with van der Waals surface area (Å²) in [5.41, 5.74) is 0.509. The second-order valence-corrected chi connectivity index (χ2v) is 10.3. The van der Waals surface area contributed by atoms with Crippen molar-refractivity contribution in [3.8, 4) is 11.5 Å². The Hall–Kier alpha value is -3.29. The first-order chi connectivity index (χ1) is 14.8. The topological polar surface area (TPSA) is 134 Å². The van der Waals surface area contributed by atoms with Gasteiger partial charge in [-0.25, -0.2) is 18.4 Å². The lowest BCUT2D eigenvalue weighted by Crippen LogP contribution is -1.99. The Morgan fingerprint density at radius 2 is 1.71 bits per heavy atom. The van der Waals surface area contributed by atoms with Gasteiger partial charge in [-0.1, -0.05) is 22.7 Å². The van der Waals surface area contributed by atoms with Crippen LogP contribution in [0.25, 0.3) is 10.2 Å². The lowest BCUT2D eigenvalue weighted by Gasteiger charge is -2.05. The normalized spacial score (nSPS) is 11.4. The molecule has 0 unspecified atom stereocenters. The summed E-state index contributed by atoms with van der Waals surface area (Å²) in [7, 11) is -0.765. The van der Waals surface area contributed by atoms with Crippen LogP contribution in [-0.4, -0.2) is 37.5 Å². The van der Waals surface area contributed by atoms with Crippen LogP contribution in [0.3, 0.4) is 0 Å². The van der Waals surface area contributed by atoms with E-state index in [4.69, 9.17) is 9.47 Å². The molecule has 0 aliphatic rings. The highest BCUT2D eigenvalue weighted by molar-refractivity contribution is 7.93. The van der Waals surface area contributed by atoms with E-state index in [1.54, 1.807) is 13.2 Å². The van der Waals surface area contributed by atoms with Crippen LogP contribution in [-0.2, 0) is 9.84 Å². The smallest absolute Gasteiger partial charge is 0.269 e. The van der Waals surface area contributed by atoms with Gasteiger partial charge in [-0.05, 0) is 12.1 Å². The van der Waals surface area contributed by atoms with Crippen molar-refractivity contribution in [3.05, 3.63) is 52.7 Å². The molecule has 0 aliphatic heterocycles. The number of sulfone groups is 1. The Labute approximate surface area is 184 Å². The van der Waals surface area contributed by atoms with Gasteiger partial charge < -0.3 is 14.8 Å². The molecule has 0 saturated heterocycles. The second kappa shape index (κ2) is 8.09. The average molecular weight is 479 g/mol.